The fourth-order valence-corrected chi connectivity index (χ4v) is 7.53. The summed E-state index contributed by atoms with van der Waals surface area (Å²) in [6, 6.07) is 17.6. The first-order chi connectivity index (χ1) is 26.9. The zero-order valence-electron chi connectivity index (χ0n) is 32.1. The van der Waals surface area contributed by atoms with Gasteiger partial charge in [0.25, 0.3) is 5.92 Å². The number of alkyl halides is 2. The second-order valence-corrected chi connectivity index (χ2v) is 16.2. The third-order valence-electron chi connectivity index (χ3n) is 9.39. The van der Waals surface area contributed by atoms with Crippen LogP contribution in [0.25, 0.3) is 0 Å². The highest BCUT2D eigenvalue weighted by Crippen LogP contribution is 2.28. The number of alkyl carbamates (subject to hydrolysis) is 1. The number of carbonyl (C=O) groups excluding carboxylic acids is 3. The van der Waals surface area contributed by atoms with E-state index >= 15 is 0 Å². The molecule has 3 heterocycles. The SMILES string of the molecule is CC(C)c1nc(CN(C)C(=O)NC(CCN2CCC(F)(F)CC2)C(=O)NC(C/C=C(\Cc2ccccc2)NC(=O)OCc2cncs2)Cc2ccccc2)cs1. The molecule has 0 bridgehead atoms. The average molecular weight is 808 g/mol. The van der Waals surface area contributed by atoms with Crippen molar-refractivity contribution >= 4 is 40.7 Å². The molecule has 11 nitrogen and oxygen atoms in total. The predicted octanol–water partition coefficient (Wildman–Crippen LogP) is 7.52. The van der Waals surface area contributed by atoms with E-state index in [1.165, 1.54) is 16.2 Å². The monoisotopic (exact) mass is 807 g/mol. The number of likely N-dealkylation sites (tertiary alicyclic amines) is 1. The lowest BCUT2D eigenvalue weighted by atomic mass is 10.0. The molecule has 0 aliphatic carbocycles. The molecule has 5 rings (SSSR count). The molecule has 0 radical (unpaired) electrons. The standard InChI is InChI=1S/C41H51F2N7O4S2/c1-29(2)38-46-34(27-55-38)25-49(3)39(52)48-36(16-19-50-20-17-41(42,43)18-21-50)37(51)45-32(22-30-10-6-4-7-11-30)14-15-33(23-31-12-8-5-9-13-31)47-40(53)54-26-35-24-44-28-56-35/h4-13,15,24,27-29,32,36H,14,16-23,25-26H2,1-3H3,(H,45,51)(H,47,53)(H,48,52)/b33-15+. The molecule has 3 N–H and O–H groups in total. The maximum Gasteiger partial charge on any atom is 0.411 e. The Kier molecular flexibility index (Phi) is 15.9. The molecule has 4 aromatic rings. The van der Waals surface area contributed by atoms with E-state index in [-0.39, 0.29) is 57.3 Å². The van der Waals surface area contributed by atoms with Gasteiger partial charge in [0, 0.05) is 75.2 Å². The molecule has 56 heavy (non-hydrogen) atoms. The van der Waals surface area contributed by atoms with Crippen LogP contribution >= 0.6 is 22.7 Å². The van der Waals surface area contributed by atoms with Crippen molar-refractivity contribution in [1.82, 2.24) is 35.7 Å². The van der Waals surface area contributed by atoms with Crippen molar-refractivity contribution in [3.8, 4) is 0 Å². The van der Waals surface area contributed by atoms with Crippen LogP contribution in [0.1, 0.15) is 72.2 Å². The number of piperidine rings is 1. The summed E-state index contributed by atoms with van der Waals surface area (Å²) in [5.74, 6) is -2.82. The fraction of sp³-hybridized carbons (Fsp3) is 0.439. The Morgan fingerprint density at radius 1 is 1.00 bits per heavy atom. The number of nitrogens with zero attached hydrogens (tertiary/aromatic N) is 4. The molecule has 1 aliphatic rings. The number of allylic oxidation sites excluding steroid dienone is 1. The van der Waals surface area contributed by atoms with Crippen LogP contribution in [0.2, 0.25) is 0 Å². The quantitative estimate of drug-likeness (QED) is 0.0949. The number of benzene rings is 2. The lowest BCUT2D eigenvalue weighted by Crippen LogP contribution is -2.53. The van der Waals surface area contributed by atoms with Crippen molar-refractivity contribution in [2.24, 2.45) is 0 Å². The number of halogens is 2. The lowest BCUT2D eigenvalue weighted by Gasteiger charge is -2.33. The minimum atomic E-state index is -2.69. The molecule has 2 aromatic heterocycles. The highest BCUT2D eigenvalue weighted by atomic mass is 32.1. The highest BCUT2D eigenvalue weighted by Gasteiger charge is 2.34. The summed E-state index contributed by atoms with van der Waals surface area (Å²) < 4.78 is 33.3. The zero-order valence-corrected chi connectivity index (χ0v) is 33.7. The zero-order chi connectivity index (χ0) is 39.9. The molecule has 1 saturated heterocycles. The molecule has 2 unspecified atom stereocenters. The molecular formula is C41H51F2N7O4S2. The molecule has 2 aromatic carbocycles. The number of nitrogens with one attached hydrogen (secondary N) is 3. The Hall–Kier alpha value is -4.73. The van der Waals surface area contributed by atoms with Crippen molar-refractivity contribution in [3.63, 3.8) is 0 Å². The Morgan fingerprint density at radius 2 is 1.70 bits per heavy atom. The molecule has 15 heteroatoms. The van der Waals surface area contributed by atoms with Crippen molar-refractivity contribution < 1.29 is 27.9 Å². The van der Waals surface area contributed by atoms with Gasteiger partial charge in [0.1, 0.15) is 12.6 Å². The molecule has 1 aliphatic heterocycles. The molecule has 0 saturated carbocycles. The smallest absolute Gasteiger partial charge is 0.411 e. The van der Waals surface area contributed by atoms with Crippen LogP contribution in [0.3, 0.4) is 0 Å². The van der Waals surface area contributed by atoms with E-state index in [2.05, 4.69) is 39.8 Å². The number of aromatic nitrogens is 2. The minimum absolute atomic E-state index is 0.0900. The highest BCUT2D eigenvalue weighted by molar-refractivity contribution is 7.09. The molecular weight excluding hydrogens is 757 g/mol. The van der Waals surface area contributed by atoms with Crippen LogP contribution < -0.4 is 16.0 Å². The maximum atomic E-state index is 14.2. The van der Waals surface area contributed by atoms with Gasteiger partial charge in [-0.05, 0) is 30.4 Å². The molecule has 300 valence electrons. The topological polar surface area (TPSA) is 129 Å². The van der Waals surface area contributed by atoms with E-state index in [0.29, 0.717) is 31.5 Å². The van der Waals surface area contributed by atoms with Crippen LogP contribution in [0.4, 0.5) is 18.4 Å². The number of rotatable bonds is 18. The maximum absolute atomic E-state index is 14.2. The second kappa shape index (κ2) is 21.0. The largest absolute Gasteiger partial charge is 0.444 e. The van der Waals surface area contributed by atoms with Crippen molar-refractivity contribution in [2.75, 3.05) is 26.7 Å². The fourth-order valence-electron chi connectivity index (χ4n) is 6.20. The van der Waals surface area contributed by atoms with Gasteiger partial charge >= 0.3 is 12.1 Å². The van der Waals surface area contributed by atoms with Crippen LogP contribution in [0.5, 0.6) is 0 Å². The van der Waals surface area contributed by atoms with Gasteiger partial charge in [-0.15, -0.1) is 22.7 Å². The predicted molar refractivity (Wildman–Crippen MR) is 216 cm³/mol. The van der Waals surface area contributed by atoms with Gasteiger partial charge in [-0.1, -0.05) is 80.6 Å². The summed E-state index contributed by atoms with van der Waals surface area (Å²) in [7, 11) is 1.65. The van der Waals surface area contributed by atoms with E-state index in [4.69, 9.17) is 4.74 Å². The Bertz CT molecular complexity index is 1850. The van der Waals surface area contributed by atoms with E-state index < -0.39 is 30.1 Å². The van der Waals surface area contributed by atoms with Crippen LogP contribution in [-0.2, 0) is 35.5 Å². The van der Waals surface area contributed by atoms with E-state index in [1.807, 2.05) is 77.0 Å². The first-order valence-corrected chi connectivity index (χ1v) is 20.6. The average Bonchev–Trinajstić information content (AvgIpc) is 3.89. The third-order valence-corrected chi connectivity index (χ3v) is 11.3. The number of ether oxygens (including phenoxy) is 1. The number of carbonyl (C=O) groups is 3. The first kappa shape index (κ1) is 42.4. The Balaban J connectivity index is 1.32. The molecule has 0 spiro atoms. The number of amides is 4. The van der Waals surface area contributed by atoms with Gasteiger partial charge in [0.05, 0.1) is 27.6 Å². The van der Waals surface area contributed by atoms with Crippen LogP contribution in [-0.4, -0.2) is 82.5 Å². The van der Waals surface area contributed by atoms with Gasteiger partial charge in [-0.2, -0.15) is 0 Å². The van der Waals surface area contributed by atoms with Gasteiger partial charge in [0.15, 0.2) is 0 Å². The van der Waals surface area contributed by atoms with E-state index in [9.17, 15) is 23.2 Å². The van der Waals surface area contributed by atoms with Gasteiger partial charge in [0.2, 0.25) is 5.91 Å². The molecule has 4 amide bonds. The second-order valence-electron chi connectivity index (χ2n) is 14.4. The first-order valence-electron chi connectivity index (χ1n) is 18.9. The number of hydrogen-bond donors (Lipinski definition) is 3. The number of hydrogen-bond acceptors (Lipinski definition) is 9. The minimum Gasteiger partial charge on any atom is -0.444 e. The normalized spacial score (nSPS) is 15.5. The van der Waals surface area contributed by atoms with Crippen LogP contribution in [0, 0.1) is 0 Å². The van der Waals surface area contributed by atoms with Crippen LogP contribution in [0.15, 0.2) is 89.5 Å². The van der Waals surface area contributed by atoms with Crippen molar-refractivity contribution in [2.45, 2.75) is 89.4 Å². The summed E-state index contributed by atoms with van der Waals surface area (Å²) >= 11 is 2.94. The van der Waals surface area contributed by atoms with Gasteiger partial charge in [-0.25, -0.2) is 23.4 Å². The summed E-state index contributed by atoms with van der Waals surface area (Å²) in [4.78, 5) is 53.6. The summed E-state index contributed by atoms with van der Waals surface area (Å²) in [6.07, 6.45) is 3.92. The van der Waals surface area contributed by atoms with E-state index in [1.54, 1.807) is 30.1 Å². The van der Waals surface area contributed by atoms with E-state index in [0.717, 1.165) is 26.7 Å². The Morgan fingerprint density at radius 3 is 2.34 bits per heavy atom. The Labute approximate surface area is 335 Å². The summed E-state index contributed by atoms with van der Waals surface area (Å²) in [6.45, 7) is 5.26. The number of thiazole rings is 2. The van der Waals surface area contributed by atoms with Crippen molar-refractivity contribution in [3.05, 3.63) is 116 Å². The lowest BCUT2D eigenvalue weighted by molar-refractivity contribution is -0.124. The van der Waals surface area contributed by atoms with Gasteiger partial charge in [-0.3, -0.25) is 15.1 Å². The summed E-state index contributed by atoms with van der Waals surface area (Å²) in [5, 5.41) is 11.9. The third kappa shape index (κ3) is 14.1. The van der Waals surface area contributed by atoms with Gasteiger partial charge < -0.3 is 25.2 Å². The molecule has 1 fully saturated rings. The number of urea groups is 1. The molecule has 2 atom stereocenters. The van der Waals surface area contributed by atoms with Crippen molar-refractivity contribution in [1.29, 1.82) is 0 Å². The summed E-state index contributed by atoms with van der Waals surface area (Å²) in [5.41, 5.74) is 5.01.